The fourth-order valence-corrected chi connectivity index (χ4v) is 11.0. The van der Waals surface area contributed by atoms with Crippen molar-refractivity contribution in [2.45, 2.75) is 141 Å². The van der Waals surface area contributed by atoms with Gasteiger partial charge in [0.15, 0.2) is 18.9 Å². The van der Waals surface area contributed by atoms with Crippen LogP contribution in [0.2, 0.25) is 0 Å². The van der Waals surface area contributed by atoms with Crippen molar-refractivity contribution < 1.29 is 66.4 Å². The largest absolute Gasteiger partial charge is 0.459 e. The predicted octanol–water partition coefficient (Wildman–Crippen LogP) is 11.5. The van der Waals surface area contributed by atoms with Gasteiger partial charge in [-0.15, -0.1) is 0 Å². The van der Waals surface area contributed by atoms with E-state index in [2.05, 4.69) is 23.9 Å². The number of azide groups is 1. The molecule has 0 spiro atoms. The minimum atomic E-state index is -1.04. The van der Waals surface area contributed by atoms with Crippen LogP contribution in [0.15, 0.2) is 187 Å². The van der Waals surface area contributed by atoms with Gasteiger partial charge in [0.05, 0.1) is 78.3 Å². The van der Waals surface area contributed by atoms with E-state index in [0.717, 1.165) is 33.4 Å². The van der Waals surface area contributed by atoms with E-state index in [-0.39, 0.29) is 52.8 Å². The molecule has 17 nitrogen and oxygen atoms in total. The number of hydrogen-bond acceptors (Lipinski definition) is 15. The summed E-state index contributed by atoms with van der Waals surface area (Å²) < 4.78 is 88.6. The zero-order chi connectivity index (χ0) is 58.3. The highest BCUT2D eigenvalue weighted by Gasteiger charge is 2.54. The minimum Gasteiger partial charge on any atom is -0.459 e. The number of nitrogens with zero attached hydrogens (tertiary/aromatic N) is 3. The first-order valence-corrected chi connectivity index (χ1v) is 29.1. The molecule has 446 valence electrons. The van der Waals surface area contributed by atoms with Gasteiger partial charge in [0.1, 0.15) is 42.7 Å². The molecular formula is C67H79N3O14. The van der Waals surface area contributed by atoms with E-state index in [4.69, 9.17) is 67.1 Å². The summed E-state index contributed by atoms with van der Waals surface area (Å²) >= 11 is 0. The topological polar surface area (TPSA) is 186 Å². The monoisotopic (exact) mass is 1150 g/mol. The lowest BCUT2D eigenvalue weighted by Gasteiger charge is -2.51. The smallest absolute Gasteiger partial charge is 0.303 e. The van der Waals surface area contributed by atoms with E-state index in [1.165, 1.54) is 6.92 Å². The minimum absolute atomic E-state index is 0.0803. The van der Waals surface area contributed by atoms with Gasteiger partial charge in [-0.25, -0.2) is 0 Å². The van der Waals surface area contributed by atoms with E-state index in [1.807, 2.05) is 189 Å². The molecule has 3 aliphatic heterocycles. The summed E-state index contributed by atoms with van der Waals surface area (Å²) in [5.74, 6) is -1.77. The molecule has 6 unspecified atom stereocenters. The van der Waals surface area contributed by atoms with Crippen LogP contribution in [0.5, 0.6) is 0 Å². The molecule has 3 fully saturated rings. The van der Waals surface area contributed by atoms with Gasteiger partial charge in [0, 0.05) is 36.1 Å². The third-order valence-electron chi connectivity index (χ3n) is 15.4. The SMILES string of the molecule is CC(=O)O[C@H]1C(COCc2ccccc2)O[C@H](O[C@H]2C(COCc3ccccc3)O[C@@H](O[C@H]3C(C)C(OCc4ccccc4)[C@H](OCCN=[N+]=[N-])O[C@H]3COCc3ccccc3)C(OCc3ccccc3)[C@H]2C)C(OCc2ccccc2)[C@H]1C. The van der Waals surface area contributed by atoms with Crippen LogP contribution < -0.4 is 0 Å². The summed E-state index contributed by atoms with van der Waals surface area (Å²) in [6.07, 6.45) is -9.64. The fourth-order valence-electron chi connectivity index (χ4n) is 11.0. The Morgan fingerprint density at radius 1 is 0.417 bits per heavy atom. The van der Waals surface area contributed by atoms with Crippen LogP contribution in [-0.2, 0) is 106 Å². The van der Waals surface area contributed by atoms with E-state index in [9.17, 15) is 4.79 Å². The highest BCUT2D eigenvalue weighted by atomic mass is 16.8. The second kappa shape index (κ2) is 32.8. The van der Waals surface area contributed by atoms with Gasteiger partial charge in [-0.3, -0.25) is 4.79 Å². The Balaban J connectivity index is 1.06. The van der Waals surface area contributed by atoms with Gasteiger partial charge in [-0.2, -0.15) is 0 Å². The van der Waals surface area contributed by atoms with Gasteiger partial charge in [-0.1, -0.05) is 208 Å². The van der Waals surface area contributed by atoms with Crippen LogP contribution in [0.25, 0.3) is 10.4 Å². The number of hydrogen-bond donors (Lipinski definition) is 0. The molecule has 3 aliphatic rings. The zero-order valence-corrected chi connectivity index (χ0v) is 48.3. The second-order valence-electron chi connectivity index (χ2n) is 21.6. The third kappa shape index (κ3) is 18.1. The zero-order valence-electron chi connectivity index (χ0n) is 48.3. The summed E-state index contributed by atoms with van der Waals surface area (Å²) in [6.45, 7) is 9.61. The molecule has 0 amide bonds. The summed E-state index contributed by atoms with van der Waals surface area (Å²) in [5, 5.41) is 3.72. The molecule has 6 aromatic carbocycles. The molecule has 0 radical (unpaired) electrons. The van der Waals surface area contributed by atoms with Crippen LogP contribution in [-0.4, -0.2) is 113 Å². The van der Waals surface area contributed by atoms with Crippen LogP contribution in [0.3, 0.4) is 0 Å². The third-order valence-corrected chi connectivity index (χ3v) is 15.4. The van der Waals surface area contributed by atoms with E-state index < -0.39 is 97.5 Å². The van der Waals surface area contributed by atoms with Crippen LogP contribution >= 0.6 is 0 Å². The average molecular weight is 1150 g/mol. The highest BCUT2D eigenvalue weighted by Crippen LogP contribution is 2.41. The standard InChI is InChI=1S/C67H79N3O14/c1-46-59(79-49(4)71)56(43-72-37-50-23-11-5-12-24-50)81-66(63(46)77-41-54-31-19-9-20-32-54)84-61-48(3)64(78-42-55-33-21-10-22-34-55)67(82-58(61)45-74-39-52-27-15-7-16-28-52)83-60-47(2)62(76-40-53-29-17-8-18-30-53)65(75-36-35-69-70-68)80-57(60)44-73-38-51-25-13-6-14-26-51/h5-34,46-48,56-67H,35-45H2,1-4H3/t46-,47?,48-,56?,57-,58?,59+,60-,61+,62?,63?,64?,65+,66+,67-/m0/s1. The molecule has 9 rings (SSSR count). The Kier molecular flexibility index (Phi) is 24.3. The number of rotatable bonds is 30. The van der Waals surface area contributed by atoms with Gasteiger partial charge in [0.25, 0.3) is 0 Å². The fraction of sp³-hybridized carbons (Fsp3) is 0.448. The molecule has 84 heavy (non-hydrogen) atoms. The first-order chi connectivity index (χ1) is 41.2. The average Bonchev–Trinajstić information content (AvgIpc) is 3.69. The molecule has 0 bridgehead atoms. The Bertz CT molecular complexity index is 2860. The molecule has 17 heteroatoms. The number of ether oxygens (including phenoxy) is 13. The van der Waals surface area contributed by atoms with Gasteiger partial charge >= 0.3 is 5.97 Å². The van der Waals surface area contributed by atoms with E-state index >= 15 is 0 Å². The van der Waals surface area contributed by atoms with Crippen LogP contribution in [0.4, 0.5) is 0 Å². The molecule has 15 atom stereocenters. The van der Waals surface area contributed by atoms with Gasteiger partial charge < -0.3 is 61.6 Å². The lowest BCUT2D eigenvalue weighted by Crippen LogP contribution is -2.64. The van der Waals surface area contributed by atoms with Crippen molar-refractivity contribution in [2.75, 3.05) is 33.0 Å². The maximum Gasteiger partial charge on any atom is 0.303 e. The van der Waals surface area contributed by atoms with Crippen molar-refractivity contribution in [3.8, 4) is 0 Å². The van der Waals surface area contributed by atoms with Gasteiger partial charge in [-0.05, 0) is 38.9 Å². The van der Waals surface area contributed by atoms with E-state index in [1.54, 1.807) is 0 Å². The Labute approximate surface area is 493 Å². The molecule has 0 aliphatic carbocycles. The normalized spacial score (nSPS) is 27.8. The lowest BCUT2D eigenvalue weighted by molar-refractivity contribution is -0.377. The van der Waals surface area contributed by atoms with Crippen LogP contribution in [0, 0.1) is 17.8 Å². The maximum atomic E-state index is 12.9. The summed E-state index contributed by atoms with van der Waals surface area (Å²) in [7, 11) is 0. The second-order valence-corrected chi connectivity index (χ2v) is 21.6. The number of esters is 1. The first kappa shape index (κ1) is 62.2. The van der Waals surface area contributed by atoms with Crippen molar-refractivity contribution in [3.63, 3.8) is 0 Å². The van der Waals surface area contributed by atoms with Crippen molar-refractivity contribution in [1.82, 2.24) is 0 Å². The molecule has 3 saturated heterocycles. The Hall–Kier alpha value is -6.38. The number of carbonyl (C=O) groups excluding carboxylic acids is 1. The predicted molar refractivity (Wildman–Crippen MR) is 312 cm³/mol. The summed E-state index contributed by atoms with van der Waals surface area (Å²) in [6, 6.07) is 59.4. The molecular weight excluding hydrogens is 1070 g/mol. The lowest BCUT2D eigenvalue weighted by atomic mass is 9.87. The highest BCUT2D eigenvalue weighted by molar-refractivity contribution is 5.66. The van der Waals surface area contributed by atoms with Crippen molar-refractivity contribution in [1.29, 1.82) is 0 Å². The van der Waals surface area contributed by atoms with Crippen molar-refractivity contribution in [2.24, 2.45) is 22.9 Å². The Morgan fingerprint density at radius 2 is 0.714 bits per heavy atom. The Morgan fingerprint density at radius 3 is 1.05 bits per heavy atom. The number of benzene rings is 6. The molecule has 6 aromatic rings. The molecule has 3 heterocycles. The summed E-state index contributed by atoms with van der Waals surface area (Å²) in [5.41, 5.74) is 14.9. The van der Waals surface area contributed by atoms with E-state index in [0.29, 0.717) is 19.8 Å². The van der Waals surface area contributed by atoms with Crippen LogP contribution in [0.1, 0.15) is 61.1 Å². The number of carbonyl (C=O) groups is 1. The first-order valence-electron chi connectivity index (χ1n) is 29.1. The molecule has 0 aromatic heterocycles. The summed E-state index contributed by atoms with van der Waals surface area (Å²) in [4.78, 5) is 15.8. The van der Waals surface area contributed by atoms with Crippen molar-refractivity contribution >= 4 is 5.97 Å². The van der Waals surface area contributed by atoms with Gasteiger partial charge in [0.2, 0.25) is 0 Å². The quantitative estimate of drug-likeness (QED) is 0.0136. The molecule has 0 N–H and O–H groups in total. The maximum absolute atomic E-state index is 12.9. The van der Waals surface area contributed by atoms with Crippen molar-refractivity contribution in [3.05, 3.63) is 226 Å². The molecule has 0 saturated carbocycles.